The van der Waals surface area contributed by atoms with Gasteiger partial charge in [-0.05, 0) is 25.1 Å². The van der Waals surface area contributed by atoms with Crippen molar-refractivity contribution in [2.24, 2.45) is 5.73 Å². The van der Waals surface area contributed by atoms with Gasteiger partial charge in [0.15, 0.2) is 17.6 Å². The van der Waals surface area contributed by atoms with Crippen LogP contribution in [0.1, 0.15) is 17.3 Å². The number of carboxylic acid groups (broad SMARTS) is 1. The van der Waals surface area contributed by atoms with Crippen LogP contribution in [0.3, 0.4) is 0 Å². The minimum Gasteiger partial charge on any atom is -0.490 e. The Kier molecular flexibility index (Phi) is 5.80. The van der Waals surface area contributed by atoms with Crippen LogP contribution in [0.4, 0.5) is 0 Å². The van der Waals surface area contributed by atoms with Crippen molar-refractivity contribution < 1.29 is 44.2 Å². The first-order valence-corrected chi connectivity index (χ1v) is 7.42. The van der Waals surface area contributed by atoms with Crippen LogP contribution < -0.4 is 15.2 Å². The van der Waals surface area contributed by atoms with Gasteiger partial charge in [-0.2, -0.15) is 0 Å². The number of nitrogens with two attached hydrogens (primary N) is 1. The third kappa shape index (κ3) is 3.99. The number of aliphatic hydroxyl groups is 3. The van der Waals surface area contributed by atoms with E-state index in [0.717, 1.165) is 0 Å². The number of carbonyl (C=O) groups excluding carboxylic acids is 1. The van der Waals surface area contributed by atoms with Gasteiger partial charge in [0, 0.05) is 5.56 Å². The second-order valence-electron chi connectivity index (χ2n) is 5.31. The highest BCUT2D eigenvalue weighted by Crippen LogP contribution is 2.32. The zero-order chi connectivity index (χ0) is 18.7. The van der Waals surface area contributed by atoms with Crippen LogP contribution >= 0.6 is 0 Å². The minimum absolute atomic E-state index is 0.0311. The van der Waals surface area contributed by atoms with Gasteiger partial charge in [-0.15, -0.1) is 0 Å². The van der Waals surface area contributed by atoms with Gasteiger partial charge < -0.3 is 40.4 Å². The van der Waals surface area contributed by atoms with Crippen molar-refractivity contribution in [3.05, 3.63) is 23.8 Å². The predicted octanol–water partition coefficient (Wildman–Crippen LogP) is -1.54. The quantitative estimate of drug-likeness (QED) is 0.405. The Balaban J connectivity index is 2.27. The summed E-state index contributed by atoms with van der Waals surface area (Å²) in [6.45, 7) is 1.92. The van der Waals surface area contributed by atoms with Crippen LogP contribution in [-0.4, -0.2) is 69.6 Å². The largest absolute Gasteiger partial charge is 0.490 e. The van der Waals surface area contributed by atoms with Crippen molar-refractivity contribution in [2.75, 3.05) is 6.61 Å². The lowest BCUT2D eigenvalue weighted by molar-refractivity contribution is -0.271. The molecule has 25 heavy (non-hydrogen) atoms. The highest BCUT2D eigenvalue weighted by atomic mass is 16.7. The molecule has 6 N–H and O–H groups in total. The molecule has 0 unspecified atom stereocenters. The van der Waals surface area contributed by atoms with Crippen LogP contribution in [-0.2, 0) is 9.53 Å². The molecule has 5 atom stereocenters. The molecule has 1 aromatic rings. The fourth-order valence-electron chi connectivity index (χ4n) is 2.30. The average Bonchev–Trinajstić information content (AvgIpc) is 2.56. The van der Waals surface area contributed by atoms with E-state index in [9.17, 15) is 24.9 Å². The molecule has 1 amide bonds. The van der Waals surface area contributed by atoms with E-state index in [1.165, 1.54) is 18.2 Å². The molecule has 10 nitrogen and oxygen atoms in total. The van der Waals surface area contributed by atoms with Gasteiger partial charge in [0.1, 0.15) is 18.3 Å². The zero-order valence-corrected chi connectivity index (χ0v) is 13.2. The Morgan fingerprint density at radius 1 is 1.16 bits per heavy atom. The third-order valence-corrected chi connectivity index (χ3v) is 3.58. The number of hydrogen-bond donors (Lipinski definition) is 5. The van der Waals surface area contributed by atoms with Gasteiger partial charge in [-0.1, -0.05) is 0 Å². The highest BCUT2D eigenvalue weighted by molar-refractivity contribution is 5.93. The SMILES string of the molecule is CCOc1cc(C(N)=O)ccc1O[C@@H]1O[C@H](C(=O)O)[C@@H](O)[C@H](O)[C@H]1O. The topological polar surface area (TPSA) is 169 Å². The number of rotatable bonds is 6. The molecule has 138 valence electrons. The first kappa shape index (κ1) is 18.9. The molecule has 0 bridgehead atoms. The maximum Gasteiger partial charge on any atom is 0.335 e. The van der Waals surface area contributed by atoms with E-state index >= 15 is 0 Å². The Morgan fingerprint density at radius 2 is 1.84 bits per heavy atom. The van der Waals surface area contributed by atoms with Gasteiger partial charge in [-0.3, -0.25) is 4.79 Å². The lowest BCUT2D eigenvalue weighted by atomic mass is 9.99. The minimum atomic E-state index is -1.82. The summed E-state index contributed by atoms with van der Waals surface area (Å²) in [5.41, 5.74) is 5.35. The van der Waals surface area contributed by atoms with Crippen molar-refractivity contribution in [3.63, 3.8) is 0 Å². The molecule has 0 aromatic heterocycles. The third-order valence-electron chi connectivity index (χ3n) is 3.58. The van der Waals surface area contributed by atoms with Crippen LogP contribution in [0, 0.1) is 0 Å². The molecule has 1 saturated heterocycles. The molecular weight excluding hydrogens is 338 g/mol. The van der Waals surface area contributed by atoms with E-state index in [1.54, 1.807) is 6.92 Å². The van der Waals surface area contributed by atoms with E-state index in [4.69, 9.17) is 25.1 Å². The van der Waals surface area contributed by atoms with Crippen LogP contribution in [0.2, 0.25) is 0 Å². The van der Waals surface area contributed by atoms with Gasteiger partial charge >= 0.3 is 5.97 Å². The van der Waals surface area contributed by atoms with E-state index < -0.39 is 42.6 Å². The van der Waals surface area contributed by atoms with Crippen molar-refractivity contribution >= 4 is 11.9 Å². The molecule has 1 fully saturated rings. The Hall–Kier alpha value is -2.40. The lowest BCUT2D eigenvalue weighted by Gasteiger charge is -2.38. The molecule has 10 heteroatoms. The van der Waals surface area contributed by atoms with Crippen LogP contribution in [0.15, 0.2) is 18.2 Å². The number of amides is 1. The van der Waals surface area contributed by atoms with E-state index in [2.05, 4.69) is 0 Å². The summed E-state index contributed by atoms with van der Waals surface area (Å²) in [6, 6.07) is 3.99. The summed E-state index contributed by atoms with van der Waals surface area (Å²) >= 11 is 0. The number of aliphatic hydroxyl groups excluding tert-OH is 3. The Morgan fingerprint density at radius 3 is 2.40 bits per heavy atom. The normalized spacial score (nSPS) is 29.0. The molecular formula is C15H19NO9. The molecule has 2 rings (SSSR count). The summed E-state index contributed by atoms with van der Waals surface area (Å²) in [4.78, 5) is 22.3. The van der Waals surface area contributed by atoms with Gasteiger partial charge in [0.25, 0.3) is 0 Å². The molecule has 0 spiro atoms. The zero-order valence-electron chi connectivity index (χ0n) is 13.2. The molecule has 1 heterocycles. The smallest absolute Gasteiger partial charge is 0.335 e. The number of aliphatic carboxylic acids is 1. The second kappa shape index (κ2) is 7.66. The number of carboxylic acids is 1. The van der Waals surface area contributed by atoms with Crippen LogP contribution in [0.25, 0.3) is 0 Å². The Bertz CT molecular complexity index is 650. The second-order valence-corrected chi connectivity index (χ2v) is 5.31. The van der Waals surface area contributed by atoms with Gasteiger partial charge in [-0.25, -0.2) is 4.79 Å². The fourth-order valence-corrected chi connectivity index (χ4v) is 2.30. The summed E-state index contributed by atoms with van der Waals surface area (Å²) in [5.74, 6) is -2.07. The van der Waals surface area contributed by atoms with Crippen molar-refractivity contribution in [1.82, 2.24) is 0 Å². The number of hydrogen-bond acceptors (Lipinski definition) is 8. The molecule has 1 aromatic carbocycles. The monoisotopic (exact) mass is 357 g/mol. The van der Waals surface area contributed by atoms with Gasteiger partial charge in [0.05, 0.1) is 6.61 Å². The fraction of sp³-hybridized carbons (Fsp3) is 0.467. The summed E-state index contributed by atoms with van der Waals surface area (Å²) in [6.07, 6.45) is -8.70. The summed E-state index contributed by atoms with van der Waals surface area (Å²) in [7, 11) is 0. The summed E-state index contributed by atoms with van der Waals surface area (Å²) in [5, 5.41) is 38.4. The average molecular weight is 357 g/mol. The summed E-state index contributed by atoms with van der Waals surface area (Å²) < 4.78 is 15.8. The first-order chi connectivity index (χ1) is 11.8. The Labute approximate surface area is 142 Å². The van der Waals surface area contributed by atoms with Crippen molar-refractivity contribution in [2.45, 2.75) is 37.6 Å². The maximum absolute atomic E-state index is 11.2. The number of benzene rings is 1. The number of ether oxygens (including phenoxy) is 3. The predicted molar refractivity (Wildman–Crippen MR) is 81.1 cm³/mol. The first-order valence-electron chi connectivity index (χ1n) is 7.42. The van der Waals surface area contributed by atoms with Gasteiger partial charge in [0.2, 0.25) is 12.2 Å². The molecule has 0 aliphatic carbocycles. The highest BCUT2D eigenvalue weighted by Gasteiger charge is 2.48. The molecule has 1 aliphatic rings. The van der Waals surface area contributed by atoms with Crippen molar-refractivity contribution in [3.8, 4) is 11.5 Å². The number of carbonyl (C=O) groups is 2. The molecule has 0 radical (unpaired) electrons. The molecule has 0 saturated carbocycles. The maximum atomic E-state index is 11.2. The number of primary amides is 1. The van der Waals surface area contributed by atoms with E-state index in [0.29, 0.717) is 0 Å². The van der Waals surface area contributed by atoms with E-state index in [1.807, 2.05) is 0 Å². The van der Waals surface area contributed by atoms with E-state index in [-0.39, 0.29) is 23.7 Å². The van der Waals surface area contributed by atoms with Crippen LogP contribution in [0.5, 0.6) is 11.5 Å². The van der Waals surface area contributed by atoms with Crippen molar-refractivity contribution in [1.29, 1.82) is 0 Å². The lowest BCUT2D eigenvalue weighted by Crippen LogP contribution is -2.61. The standard InChI is InChI=1S/C15H19NO9/c1-2-23-8-5-6(13(16)20)3-4-7(8)24-15-11(19)9(17)10(18)12(25-15)14(21)22/h3-5,9-12,15,17-19H,2H2,1H3,(H2,16,20)(H,21,22)/t9-,10-,11+,12-,15+/m0/s1. The molecule has 1 aliphatic heterocycles.